The minimum Gasteiger partial charge on any atom is -0.349 e. The first kappa shape index (κ1) is 19.9. The zero-order valence-corrected chi connectivity index (χ0v) is 17.0. The molecule has 1 N–H and O–H groups in total. The number of hydrogen-bond donors (Lipinski definition) is 1. The first-order valence-electron chi connectivity index (χ1n) is 9.48. The van der Waals surface area contributed by atoms with E-state index in [0.29, 0.717) is 35.8 Å². The molecular weight excluding hydrogens is 397 g/mol. The van der Waals surface area contributed by atoms with Gasteiger partial charge >= 0.3 is 7.60 Å². The van der Waals surface area contributed by atoms with E-state index in [1.165, 1.54) is 18.2 Å². The third-order valence-corrected chi connectivity index (χ3v) is 6.35. The fourth-order valence-corrected chi connectivity index (χ4v) is 4.77. The van der Waals surface area contributed by atoms with Gasteiger partial charge in [-0.2, -0.15) is 4.98 Å². The molecule has 4 rings (SSSR count). The molecule has 0 radical (unpaired) electrons. The van der Waals surface area contributed by atoms with Gasteiger partial charge < -0.3 is 13.8 Å². The van der Waals surface area contributed by atoms with Gasteiger partial charge in [0.2, 0.25) is 0 Å². The molecule has 2 aliphatic rings. The number of anilines is 2. The lowest BCUT2D eigenvalue weighted by Crippen LogP contribution is -2.38. The molecule has 2 atom stereocenters. The highest BCUT2D eigenvalue weighted by Gasteiger charge is 2.35. The third kappa shape index (κ3) is 4.02. The van der Waals surface area contributed by atoms with Gasteiger partial charge in [0.1, 0.15) is 6.33 Å². The predicted molar refractivity (Wildman–Crippen MR) is 108 cm³/mol. The molecule has 10 nitrogen and oxygen atoms in total. The smallest absolute Gasteiger partial charge is 0.349 e. The first-order chi connectivity index (χ1) is 14.0. The average Bonchev–Trinajstić information content (AvgIpc) is 3.26. The van der Waals surface area contributed by atoms with E-state index in [0.717, 1.165) is 12.8 Å². The lowest BCUT2D eigenvalue weighted by atomic mass is 10.2. The summed E-state index contributed by atoms with van der Waals surface area (Å²) in [5.41, 5.74) is 3.90. The van der Waals surface area contributed by atoms with E-state index in [4.69, 9.17) is 13.8 Å². The van der Waals surface area contributed by atoms with Crippen molar-refractivity contribution in [2.45, 2.75) is 39.0 Å². The molecule has 2 aromatic rings. The second-order valence-electron chi connectivity index (χ2n) is 6.50. The summed E-state index contributed by atoms with van der Waals surface area (Å²) in [6.07, 6.45) is 4.03. The maximum atomic E-state index is 12.6. The van der Waals surface area contributed by atoms with Crippen molar-refractivity contribution >= 4 is 30.1 Å². The Bertz CT molecular complexity index is 1040. The average molecular weight is 419 g/mol. The summed E-state index contributed by atoms with van der Waals surface area (Å²) in [5, 5.41) is 2.48. The van der Waals surface area contributed by atoms with Gasteiger partial charge in [-0.1, -0.05) is 0 Å². The molecule has 0 bridgehead atoms. The lowest BCUT2D eigenvalue weighted by Gasteiger charge is -2.26. The zero-order valence-electron chi connectivity index (χ0n) is 16.1. The number of nitrogens with zero attached hydrogens (tertiary/aromatic N) is 4. The number of aromatic nitrogens is 3. The van der Waals surface area contributed by atoms with Crippen LogP contribution in [0.2, 0.25) is 0 Å². The Morgan fingerprint density at radius 2 is 2.07 bits per heavy atom. The Morgan fingerprint density at radius 1 is 1.28 bits per heavy atom. The number of rotatable bonds is 7. The summed E-state index contributed by atoms with van der Waals surface area (Å²) in [6, 6.07) is 3.05. The van der Waals surface area contributed by atoms with Crippen LogP contribution < -0.4 is 16.0 Å². The second-order valence-corrected chi connectivity index (χ2v) is 8.39. The SMILES string of the molecule is CCOP(=O)(/C=C/[C@@H]1CC[C@H](N2Nc3ccc(=O)nc4ncnc2c34)O1)OCC. The lowest BCUT2D eigenvalue weighted by molar-refractivity contribution is 0.0718. The summed E-state index contributed by atoms with van der Waals surface area (Å²) < 4.78 is 29.2. The van der Waals surface area contributed by atoms with Crippen molar-refractivity contribution in [1.82, 2.24) is 15.0 Å². The Labute approximate surface area is 167 Å². The van der Waals surface area contributed by atoms with E-state index in [1.54, 1.807) is 26.0 Å². The van der Waals surface area contributed by atoms with Crippen molar-refractivity contribution in [1.29, 1.82) is 0 Å². The minimum atomic E-state index is -3.26. The summed E-state index contributed by atoms with van der Waals surface area (Å²) in [7, 11) is -3.26. The highest BCUT2D eigenvalue weighted by atomic mass is 31.2. The number of nitrogens with one attached hydrogen (secondary N) is 1. The molecular formula is C18H22N5O5P. The van der Waals surface area contributed by atoms with Gasteiger partial charge in [-0.25, -0.2) is 15.0 Å². The molecule has 0 saturated carbocycles. The van der Waals surface area contributed by atoms with Gasteiger partial charge in [-0.05, 0) is 38.8 Å². The van der Waals surface area contributed by atoms with E-state index >= 15 is 0 Å². The van der Waals surface area contributed by atoms with Crippen LogP contribution in [0, 0.1) is 0 Å². The minimum absolute atomic E-state index is 0.237. The normalized spacial score (nSPS) is 21.2. The molecule has 0 aromatic carbocycles. The molecule has 2 aliphatic heterocycles. The molecule has 4 heterocycles. The van der Waals surface area contributed by atoms with Crippen molar-refractivity contribution in [3.05, 3.63) is 40.7 Å². The number of hydrogen-bond acceptors (Lipinski definition) is 10. The van der Waals surface area contributed by atoms with Gasteiger partial charge in [-0.3, -0.25) is 14.8 Å². The Hall–Kier alpha value is -2.39. The Morgan fingerprint density at radius 3 is 2.83 bits per heavy atom. The molecule has 0 aliphatic carbocycles. The highest BCUT2D eigenvalue weighted by molar-refractivity contribution is 7.57. The third-order valence-electron chi connectivity index (χ3n) is 4.57. The van der Waals surface area contributed by atoms with Crippen LogP contribution in [-0.4, -0.2) is 40.5 Å². The fraction of sp³-hybridized carbons (Fsp3) is 0.444. The second kappa shape index (κ2) is 8.16. The molecule has 0 amide bonds. The topological polar surface area (TPSA) is 116 Å². The molecule has 1 fully saturated rings. The van der Waals surface area contributed by atoms with Gasteiger partial charge in [0, 0.05) is 11.9 Å². The summed E-state index contributed by atoms with van der Waals surface area (Å²) in [6.45, 7) is 4.13. The van der Waals surface area contributed by atoms with Crippen molar-refractivity contribution in [3.8, 4) is 0 Å². The molecule has 0 unspecified atom stereocenters. The van der Waals surface area contributed by atoms with Gasteiger partial charge in [0.05, 0.1) is 30.4 Å². The van der Waals surface area contributed by atoms with Gasteiger partial charge in [-0.15, -0.1) is 0 Å². The Balaban J connectivity index is 1.53. The van der Waals surface area contributed by atoms with Crippen LogP contribution in [0.3, 0.4) is 0 Å². The summed E-state index contributed by atoms with van der Waals surface area (Å²) in [4.78, 5) is 24.2. The fourth-order valence-electron chi connectivity index (χ4n) is 3.40. The summed E-state index contributed by atoms with van der Waals surface area (Å²) >= 11 is 0. The number of ether oxygens (including phenoxy) is 1. The van der Waals surface area contributed by atoms with E-state index in [9.17, 15) is 9.36 Å². The number of hydrazine groups is 1. The van der Waals surface area contributed by atoms with E-state index in [1.807, 2.05) is 5.01 Å². The van der Waals surface area contributed by atoms with E-state index in [2.05, 4.69) is 20.4 Å². The molecule has 2 aromatic heterocycles. The zero-order chi connectivity index (χ0) is 20.4. The van der Waals surface area contributed by atoms with Crippen LogP contribution in [0.4, 0.5) is 11.5 Å². The van der Waals surface area contributed by atoms with Crippen molar-refractivity contribution in [2.75, 3.05) is 23.6 Å². The largest absolute Gasteiger partial charge is 0.353 e. The molecule has 154 valence electrons. The molecule has 29 heavy (non-hydrogen) atoms. The van der Waals surface area contributed by atoms with Crippen LogP contribution in [0.5, 0.6) is 0 Å². The van der Waals surface area contributed by atoms with Crippen LogP contribution in [0.25, 0.3) is 11.0 Å². The standard InChI is InChI=1S/C18H22N5O5P/c1-3-26-29(25,27-4-2)10-9-12-5-8-15(28-12)23-18-16-13(22-23)6-7-14(24)21-17(16)19-11-20-18/h6-7,9-12,15,22H,3-5,8H2,1-2H3/b10-9+/t12-,15+/m0/s1. The van der Waals surface area contributed by atoms with E-state index < -0.39 is 7.60 Å². The first-order valence-corrected chi connectivity index (χ1v) is 11.1. The molecule has 11 heteroatoms. The van der Waals surface area contributed by atoms with Crippen LogP contribution in [-0.2, 0) is 18.3 Å². The highest BCUT2D eigenvalue weighted by Crippen LogP contribution is 2.50. The van der Waals surface area contributed by atoms with Crippen LogP contribution in [0.1, 0.15) is 26.7 Å². The van der Waals surface area contributed by atoms with Gasteiger partial charge in [0.15, 0.2) is 17.7 Å². The maximum absolute atomic E-state index is 12.6. The molecule has 1 saturated heterocycles. The van der Waals surface area contributed by atoms with E-state index in [-0.39, 0.29) is 17.9 Å². The van der Waals surface area contributed by atoms with Crippen molar-refractivity contribution in [2.24, 2.45) is 0 Å². The monoisotopic (exact) mass is 419 g/mol. The van der Waals surface area contributed by atoms with Crippen molar-refractivity contribution in [3.63, 3.8) is 0 Å². The van der Waals surface area contributed by atoms with Crippen molar-refractivity contribution < 1.29 is 18.3 Å². The summed E-state index contributed by atoms with van der Waals surface area (Å²) in [5.74, 6) is 2.08. The van der Waals surface area contributed by atoms with Gasteiger partial charge in [0.25, 0.3) is 5.56 Å². The van der Waals surface area contributed by atoms with Crippen LogP contribution in [0.15, 0.2) is 35.1 Å². The maximum Gasteiger partial charge on any atom is 0.353 e. The Kier molecular flexibility index (Phi) is 5.60. The predicted octanol–water partition coefficient (Wildman–Crippen LogP) is 2.82. The van der Waals surface area contributed by atoms with Crippen LogP contribution >= 0.6 is 7.60 Å². The quantitative estimate of drug-likeness (QED) is 0.672. The molecule has 0 spiro atoms.